The molecule has 0 saturated heterocycles. The van der Waals surface area contributed by atoms with E-state index < -0.39 is 11.9 Å². The topological polar surface area (TPSA) is 79.5 Å². The molecule has 0 aliphatic carbocycles. The van der Waals surface area contributed by atoms with E-state index in [2.05, 4.69) is 5.32 Å². The number of amides is 1. The maximum absolute atomic E-state index is 12.4. The lowest BCUT2D eigenvalue weighted by molar-refractivity contribution is -0.141. The number of nitrogens with one attached hydrogen (secondary N) is 1. The third-order valence-electron chi connectivity index (χ3n) is 4.17. The number of hydrogen-bond acceptors (Lipinski definition) is 3. The van der Waals surface area contributed by atoms with Crippen LogP contribution in [-0.2, 0) is 11.2 Å². The number of aliphatic carboxylic acids is 1. The molecule has 1 unspecified atom stereocenters. The molecule has 0 radical (unpaired) electrons. The Morgan fingerprint density at radius 2 is 1.92 bits per heavy atom. The zero-order valence-electron chi connectivity index (χ0n) is 15.1. The number of carboxylic acids is 1. The highest BCUT2D eigenvalue weighted by Gasteiger charge is 2.21. The van der Waals surface area contributed by atoms with Gasteiger partial charge in [-0.1, -0.05) is 43.7 Å². The monoisotopic (exact) mass is 343 g/mol. The van der Waals surface area contributed by atoms with E-state index in [0.717, 1.165) is 16.9 Å². The second kappa shape index (κ2) is 8.01. The van der Waals surface area contributed by atoms with Crippen LogP contribution in [0.5, 0.6) is 0 Å². The van der Waals surface area contributed by atoms with E-state index in [9.17, 15) is 14.7 Å². The predicted molar refractivity (Wildman–Crippen MR) is 95.9 cm³/mol. The SMILES string of the molecule is Cc1cccc(CC(CNC(=O)c2cc(C(C)C)oc2C)C(=O)O)c1. The first-order valence-corrected chi connectivity index (χ1v) is 8.44. The van der Waals surface area contributed by atoms with Crippen molar-refractivity contribution >= 4 is 11.9 Å². The van der Waals surface area contributed by atoms with Gasteiger partial charge >= 0.3 is 5.97 Å². The van der Waals surface area contributed by atoms with Gasteiger partial charge in [0.15, 0.2) is 0 Å². The van der Waals surface area contributed by atoms with Crippen molar-refractivity contribution < 1.29 is 19.1 Å². The van der Waals surface area contributed by atoms with Crippen LogP contribution in [0.25, 0.3) is 0 Å². The van der Waals surface area contributed by atoms with E-state index >= 15 is 0 Å². The van der Waals surface area contributed by atoms with Gasteiger partial charge in [0.2, 0.25) is 0 Å². The van der Waals surface area contributed by atoms with Crippen LogP contribution < -0.4 is 5.32 Å². The summed E-state index contributed by atoms with van der Waals surface area (Å²) in [6.45, 7) is 7.76. The third-order valence-corrected chi connectivity index (χ3v) is 4.17. The van der Waals surface area contributed by atoms with Gasteiger partial charge < -0.3 is 14.8 Å². The van der Waals surface area contributed by atoms with Crippen LogP contribution in [0.3, 0.4) is 0 Å². The van der Waals surface area contributed by atoms with Gasteiger partial charge in [-0.05, 0) is 31.9 Å². The Morgan fingerprint density at radius 1 is 1.20 bits per heavy atom. The molecule has 2 N–H and O–H groups in total. The quantitative estimate of drug-likeness (QED) is 0.803. The summed E-state index contributed by atoms with van der Waals surface area (Å²) in [5.74, 6) is -0.419. The van der Waals surface area contributed by atoms with Crippen molar-refractivity contribution in [3.63, 3.8) is 0 Å². The molecule has 0 saturated carbocycles. The first-order valence-electron chi connectivity index (χ1n) is 8.44. The zero-order valence-corrected chi connectivity index (χ0v) is 15.1. The highest BCUT2D eigenvalue weighted by molar-refractivity contribution is 5.95. The molecule has 0 aliphatic heterocycles. The summed E-state index contributed by atoms with van der Waals surface area (Å²) >= 11 is 0. The summed E-state index contributed by atoms with van der Waals surface area (Å²) in [5, 5.41) is 12.2. The average molecular weight is 343 g/mol. The van der Waals surface area contributed by atoms with Gasteiger partial charge in [-0.2, -0.15) is 0 Å². The van der Waals surface area contributed by atoms with Crippen LogP contribution >= 0.6 is 0 Å². The Kier molecular flexibility index (Phi) is 6.02. The zero-order chi connectivity index (χ0) is 18.6. The lowest BCUT2D eigenvalue weighted by Crippen LogP contribution is -2.34. The van der Waals surface area contributed by atoms with Crippen LogP contribution in [0.15, 0.2) is 34.7 Å². The van der Waals surface area contributed by atoms with Crippen molar-refractivity contribution in [3.8, 4) is 0 Å². The number of furan rings is 1. The Balaban J connectivity index is 2.03. The fourth-order valence-electron chi connectivity index (χ4n) is 2.70. The minimum atomic E-state index is -0.923. The van der Waals surface area contributed by atoms with Crippen LogP contribution in [0.1, 0.15) is 52.8 Å². The molecule has 1 atom stereocenters. The molecule has 0 spiro atoms. The van der Waals surface area contributed by atoms with Gasteiger partial charge in [0.1, 0.15) is 11.5 Å². The summed E-state index contributed by atoms with van der Waals surface area (Å²) in [5.41, 5.74) is 2.49. The van der Waals surface area contributed by atoms with Gasteiger partial charge in [-0.15, -0.1) is 0 Å². The summed E-state index contributed by atoms with van der Waals surface area (Å²) in [6.07, 6.45) is 0.374. The van der Waals surface area contributed by atoms with Crippen LogP contribution in [0.2, 0.25) is 0 Å². The Hall–Kier alpha value is -2.56. The third kappa shape index (κ3) is 4.95. The molecule has 0 aliphatic rings. The Morgan fingerprint density at radius 3 is 2.48 bits per heavy atom. The lowest BCUT2D eigenvalue weighted by Gasteiger charge is -2.14. The number of benzene rings is 1. The predicted octanol–water partition coefficient (Wildman–Crippen LogP) is 3.69. The van der Waals surface area contributed by atoms with Crippen LogP contribution in [-0.4, -0.2) is 23.5 Å². The smallest absolute Gasteiger partial charge is 0.308 e. The Labute approximate surface area is 148 Å². The molecule has 5 nitrogen and oxygen atoms in total. The van der Waals surface area contributed by atoms with Gasteiger partial charge in [0.05, 0.1) is 11.5 Å². The number of aryl methyl sites for hydroxylation is 2. The molecule has 2 rings (SSSR count). The minimum Gasteiger partial charge on any atom is -0.481 e. The maximum atomic E-state index is 12.4. The lowest BCUT2D eigenvalue weighted by atomic mass is 9.98. The van der Waals surface area contributed by atoms with E-state index in [1.165, 1.54) is 0 Å². The van der Waals surface area contributed by atoms with Crippen LogP contribution in [0.4, 0.5) is 0 Å². The molecular weight excluding hydrogens is 318 g/mol. The summed E-state index contributed by atoms with van der Waals surface area (Å²) in [7, 11) is 0. The minimum absolute atomic E-state index is 0.0732. The maximum Gasteiger partial charge on any atom is 0.308 e. The largest absolute Gasteiger partial charge is 0.481 e. The molecule has 1 amide bonds. The average Bonchev–Trinajstić information content (AvgIpc) is 2.93. The van der Waals surface area contributed by atoms with E-state index in [-0.39, 0.29) is 18.4 Å². The fourth-order valence-corrected chi connectivity index (χ4v) is 2.70. The molecule has 0 fully saturated rings. The summed E-state index contributed by atoms with van der Waals surface area (Å²) < 4.78 is 5.58. The highest BCUT2D eigenvalue weighted by atomic mass is 16.4. The van der Waals surface area contributed by atoms with E-state index in [1.54, 1.807) is 13.0 Å². The van der Waals surface area contributed by atoms with Gasteiger partial charge in [0, 0.05) is 12.5 Å². The second-order valence-electron chi connectivity index (χ2n) is 6.71. The van der Waals surface area contributed by atoms with Crippen molar-refractivity contribution in [2.45, 2.75) is 40.0 Å². The standard InChI is InChI=1S/C20H25NO4/c1-12(2)18-10-17(14(4)25-18)19(22)21-11-16(20(23)24)9-15-7-5-6-13(3)8-15/h5-8,10,12,16H,9,11H2,1-4H3,(H,21,22)(H,23,24). The van der Waals surface area contributed by atoms with Gasteiger partial charge in [-0.3, -0.25) is 9.59 Å². The highest BCUT2D eigenvalue weighted by Crippen LogP contribution is 2.21. The van der Waals surface area contributed by atoms with E-state index in [0.29, 0.717) is 17.7 Å². The number of hydrogen-bond donors (Lipinski definition) is 2. The molecule has 2 aromatic rings. The first-order chi connectivity index (χ1) is 11.8. The summed E-state index contributed by atoms with van der Waals surface area (Å²) in [6, 6.07) is 9.47. The fraction of sp³-hybridized carbons (Fsp3) is 0.400. The van der Waals surface area contributed by atoms with Crippen molar-refractivity contribution in [1.29, 1.82) is 0 Å². The van der Waals surface area contributed by atoms with Gasteiger partial charge in [-0.25, -0.2) is 0 Å². The molecule has 1 heterocycles. The normalized spacial score (nSPS) is 12.2. The van der Waals surface area contributed by atoms with E-state index in [1.807, 2.05) is 45.0 Å². The molecule has 1 aromatic heterocycles. The van der Waals surface area contributed by atoms with Crippen LogP contribution in [0, 0.1) is 19.8 Å². The number of carbonyl (C=O) groups is 2. The first kappa shape index (κ1) is 18.8. The molecule has 25 heavy (non-hydrogen) atoms. The number of carbonyl (C=O) groups excluding carboxylic acids is 1. The molecule has 5 heteroatoms. The van der Waals surface area contributed by atoms with Gasteiger partial charge in [0.25, 0.3) is 5.91 Å². The van der Waals surface area contributed by atoms with Crippen molar-refractivity contribution in [2.24, 2.45) is 5.92 Å². The Bertz CT molecular complexity index is 761. The second-order valence-corrected chi connectivity index (χ2v) is 6.71. The van der Waals surface area contributed by atoms with Crippen molar-refractivity contribution in [2.75, 3.05) is 6.54 Å². The molecule has 134 valence electrons. The number of rotatable bonds is 7. The van der Waals surface area contributed by atoms with Crippen molar-refractivity contribution in [1.82, 2.24) is 5.32 Å². The summed E-state index contributed by atoms with van der Waals surface area (Å²) in [4.78, 5) is 23.9. The van der Waals surface area contributed by atoms with Crippen molar-refractivity contribution in [3.05, 3.63) is 58.5 Å². The number of carboxylic acid groups (broad SMARTS) is 1. The van der Waals surface area contributed by atoms with E-state index in [4.69, 9.17) is 4.42 Å². The molecule has 0 bridgehead atoms. The molecule has 1 aromatic carbocycles. The molecular formula is C20H25NO4.